The van der Waals surface area contributed by atoms with Crippen LogP contribution in [0.2, 0.25) is 0 Å². The third-order valence-electron chi connectivity index (χ3n) is 2.28. The minimum Gasteiger partial charge on any atom is -0.459 e. The lowest BCUT2D eigenvalue weighted by Gasteiger charge is -2.22. The zero-order valence-electron chi connectivity index (χ0n) is 12.1. The molecule has 8 heteroatoms. The van der Waals surface area contributed by atoms with Crippen molar-refractivity contribution in [1.82, 2.24) is 4.72 Å². The van der Waals surface area contributed by atoms with E-state index in [1.54, 1.807) is 32.9 Å². The smallest absolute Gasteiger partial charge is 0.324 e. The maximum absolute atomic E-state index is 12.3. The predicted molar refractivity (Wildman–Crippen MR) is 87.5 cm³/mol. The van der Waals surface area contributed by atoms with Crippen LogP contribution in [0.15, 0.2) is 32.0 Å². The first-order chi connectivity index (χ1) is 9.42. The number of benzene rings is 1. The fraction of sp³-hybridized carbons (Fsp3) is 0.462. The van der Waals surface area contributed by atoms with Crippen molar-refractivity contribution in [3.63, 3.8) is 0 Å². The molecule has 0 aliphatic rings. The van der Waals surface area contributed by atoms with E-state index in [1.807, 2.05) is 0 Å². The zero-order chi connectivity index (χ0) is 16.4. The molecular formula is C13H17Br2NO4S. The number of hydrogen-bond donors (Lipinski definition) is 1. The molecule has 0 amide bonds. The van der Waals surface area contributed by atoms with Gasteiger partial charge in [-0.3, -0.25) is 4.79 Å². The number of nitrogens with one attached hydrogen (secondary N) is 1. The third kappa shape index (κ3) is 5.69. The minimum atomic E-state index is -3.83. The van der Waals surface area contributed by atoms with Crippen LogP contribution in [0.4, 0.5) is 0 Å². The maximum atomic E-state index is 12.3. The van der Waals surface area contributed by atoms with Crippen molar-refractivity contribution in [2.75, 3.05) is 0 Å². The lowest BCUT2D eigenvalue weighted by molar-refractivity contribution is -0.156. The van der Waals surface area contributed by atoms with Crippen LogP contribution in [-0.2, 0) is 19.6 Å². The summed E-state index contributed by atoms with van der Waals surface area (Å²) in [5, 5.41) is 0. The number of esters is 1. The molecule has 5 nitrogen and oxygen atoms in total. The Morgan fingerprint density at radius 2 is 1.86 bits per heavy atom. The van der Waals surface area contributed by atoms with Crippen molar-refractivity contribution in [2.24, 2.45) is 0 Å². The van der Waals surface area contributed by atoms with Gasteiger partial charge < -0.3 is 4.74 Å². The van der Waals surface area contributed by atoms with Crippen LogP contribution in [0.5, 0.6) is 0 Å². The molecule has 118 valence electrons. The summed E-state index contributed by atoms with van der Waals surface area (Å²) >= 11 is 6.44. The van der Waals surface area contributed by atoms with Gasteiger partial charge in [0.2, 0.25) is 10.0 Å². The number of rotatable bonds is 4. The molecule has 1 N–H and O–H groups in total. The highest BCUT2D eigenvalue weighted by Crippen LogP contribution is 2.25. The Kier molecular flexibility index (Phi) is 5.99. The second-order valence-corrected chi connectivity index (χ2v) is 8.90. The van der Waals surface area contributed by atoms with Gasteiger partial charge in [0.15, 0.2) is 0 Å². The molecule has 1 rings (SSSR count). The summed E-state index contributed by atoms with van der Waals surface area (Å²) in [6.45, 7) is 6.60. The standard InChI is InChI=1S/C13H17Br2NO4S/c1-8(12(17)20-13(2,3)4)16-21(18,19)11-6-5-9(14)7-10(11)15/h5-8,16H,1-4H3/t8-/m1/s1. The van der Waals surface area contributed by atoms with E-state index in [0.717, 1.165) is 4.47 Å². The molecule has 0 aliphatic heterocycles. The molecule has 1 atom stereocenters. The van der Waals surface area contributed by atoms with E-state index in [2.05, 4.69) is 36.6 Å². The van der Waals surface area contributed by atoms with Crippen molar-refractivity contribution in [1.29, 1.82) is 0 Å². The molecule has 0 aliphatic carbocycles. The van der Waals surface area contributed by atoms with Gasteiger partial charge in [0.25, 0.3) is 0 Å². The number of ether oxygens (including phenoxy) is 1. The highest BCUT2D eigenvalue weighted by molar-refractivity contribution is 9.11. The zero-order valence-corrected chi connectivity index (χ0v) is 16.1. The topological polar surface area (TPSA) is 72.5 Å². The quantitative estimate of drug-likeness (QED) is 0.726. The van der Waals surface area contributed by atoms with Gasteiger partial charge in [-0.1, -0.05) is 15.9 Å². The van der Waals surface area contributed by atoms with Crippen molar-refractivity contribution in [3.05, 3.63) is 27.1 Å². The number of hydrogen-bond acceptors (Lipinski definition) is 4. The van der Waals surface area contributed by atoms with Crippen LogP contribution in [0.3, 0.4) is 0 Å². The van der Waals surface area contributed by atoms with Crippen LogP contribution in [0, 0.1) is 0 Å². The van der Waals surface area contributed by atoms with Gasteiger partial charge in [-0.15, -0.1) is 0 Å². The summed E-state index contributed by atoms with van der Waals surface area (Å²) in [4.78, 5) is 11.9. The van der Waals surface area contributed by atoms with Crippen molar-refractivity contribution in [3.8, 4) is 0 Å². The molecule has 0 aromatic heterocycles. The maximum Gasteiger partial charge on any atom is 0.324 e. The van der Waals surface area contributed by atoms with E-state index in [0.29, 0.717) is 4.47 Å². The Bertz CT molecular complexity index is 638. The van der Waals surface area contributed by atoms with Gasteiger partial charge in [0.05, 0.1) is 4.90 Å². The SMILES string of the molecule is C[C@@H](NS(=O)(=O)c1ccc(Br)cc1Br)C(=O)OC(C)(C)C. The first-order valence-electron chi connectivity index (χ1n) is 6.12. The molecule has 21 heavy (non-hydrogen) atoms. The van der Waals surface area contributed by atoms with E-state index in [1.165, 1.54) is 13.0 Å². The first-order valence-corrected chi connectivity index (χ1v) is 9.19. The van der Waals surface area contributed by atoms with E-state index < -0.39 is 27.6 Å². The Balaban J connectivity index is 2.92. The normalized spacial score (nSPS) is 13.8. The predicted octanol–water partition coefficient (Wildman–Crippen LogP) is 3.22. The lowest BCUT2D eigenvalue weighted by Crippen LogP contribution is -2.42. The Hall–Kier alpha value is -0.440. The Labute approximate surface area is 141 Å². The fourth-order valence-corrected chi connectivity index (χ4v) is 4.37. The molecule has 0 radical (unpaired) electrons. The molecular weight excluding hydrogens is 426 g/mol. The molecule has 0 bridgehead atoms. The Morgan fingerprint density at radius 3 is 2.33 bits per heavy atom. The molecule has 1 aromatic rings. The van der Waals surface area contributed by atoms with Crippen LogP contribution in [-0.4, -0.2) is 26.0 Å². The highest BCUT2D eigenvalue weighted by atomic mass is 79.9. The summed E-state index contributed by atoms with van der Waals surface area (Å²) in [7, 11) is -3.83. The van der Waals surface area contributed by atoms with Crippen molar-refractivity contribution < 1.29 is 17.9 Å². The summed E-state index contributed by atoms with van der Waals surface area (Å²) in [6.07, 6.45) is 0. The summed E-state index contributed by atoms with van der Waals surface area (Å²) in [5.41, 5.74) is -0.672. The van der Waals surface area contributed by atoms with Gasteiger partial charge in [0, 0.05) is 8.95 Å². The Morgan fingerprint density at radius 1 is 1.29 bits per heavy atom. The summed E-state index contributed by atoms with van der Waals surface area (Å²) in [6, 6.07) is 3.69. The van der Waals surface area contributed by atoms with Gasteiger partial charge in [-0.25, -0.2) is 8.42 Å². The van der Waals surface area contributed by atoms with E-state index in [4.69, 9.17) is 4.74 Å². The largest absolute Gasteiger partial charge is 0.459 e. The van der Waals surface area contributed by atoms with Crippen molar-refractivity contribution in [2.45, 2.75) is 44.2 Å². The van der Waals surface area contributed by atoms with Crippen molar-refractivity contribution >= 4 is 47.9 Å². The summed E-state index contributed by atoms with van der Waals surface area (Å²) in [5.74, 6) is -0.626. The van der Waals surface area contributed by atoms with Gasteiger partial charge in [-0.2, -0.15) is 4.72 Å². The molecule has 0 spiro atoms. The fourth-order valence-electron chi connectivity index (χ4n) is 1.43. The minimum absolute atomic E-state index is 0.0566. The van der Waals surface area contributed by atoms with Gasteiger partial charge in [0.1, 0.15) is 11.6 Å². The average Bonchev–Trinajstić information content (AvgIpc) is 2.24. The number of carbonyl (C=O) groups is 1. The molecule has 0 heterocycles. The van der Waals surface area contributed by atoms with E-state index in [-0.39, 0.29) is 4.90 Å². The highest BCUT2D eigenvalue weighted by Gasteiger charge is 2.27. The van der Waals surface area contributed by atoms with Crippen LogP contribution in [0.25, 0.3) is 0 Å². The van der Waals surface area contributed by atoms with Crippen LogP contribution in [0.1, 0.15) is 27.7 Å². The molecule has 0 fully saturated rings. The lowest BCUT2D eigenvalue weighted by atomic mass is 10.2. The van der Waals surface area contributed by atoms with Crippen LogP contribution < -0.4 is 4.72 Å². The molecule has 0 saturated carbocycles. The van der Waals surface area contributed by atoms with Crippen LogP contribution >= 0.6 is 31.9 Å². The molecule has 0 saturated heterocycles. The number of sulfonamides is 1. The third-order valence-corrected chi connectivity index (χ3v) is 5.29. The number of halogens is 2. The monoisotopic (exact) mass is 441 g/mol. The second-order valence-electron chi connectivity index (χ2n) is 5.45. The van der Waals surface area contributed by atoms with Gasteiger partial charge in [-0.05, 0) is 61.8 Å². The van der Waals surface area contributed by atoms with Gasteiger partial charge >= 0.3 is 5.97 Å². The molecule has 1 aromatic carbocycles. The first kappa shape index (κ1) is 18.6. The number of carbonyl (C=O) groups excluding carboxylic acids is 1. The van der Waals surface area contributed by atoms with E-state index >= 15 is 0 Å². The average molecular weight is 443 g/mol. The van der Waals surface area contributed by atoms with E-state index in [9.17, 15) is 13.2 Å². The molecule has 0 unspecified atom stereocenters. The summed E-state index contributed by atoms with van der Waals surface area (Å²) < 4.78 is 33.2. The second kappa shape index (κ2) is 6.76.